The summed E-state index contributed by atoms with van der Waals surface area (Å²) in [6, 6.07) is 10.5. The average molecular weight is 483 g/mol. The Morgan fingerprint density at radius 3 is 2.59 bits per heavy atom. The van der Waals surface area contributed by atoms with E-state index < -0.39 is 0 Å². The molecule has 1 fully saturated rings. The predicted molar refractivity (Wildman–Crippen MR) is 126 cm³/mol. The molecule has 1 saturated heterocycles. The highest BCUT2D eigenvalue weighted by molar-refractivity contribution is 14.0. The number of benzene rings is 1. The Bertz CT molecular complexity index is 698. The number of guanidine groups is 1. The van der Waals surface area contributed by atoms with Crippen LogP contribution in [0.25, 0.3) is 10.9 Å². The van der Waals surface area contributed by atoms with Gasteiger partial charge in [0.25, 0.3) is 0 Å². The van der Waals surface area contributed by atoms with Crippen molar-refractivity contribution in [3.8, 4) is 0 Å². The van der Waals surface area contributed by atoms with E-state index in [0.717, 1.165) is 24.7 Å². The monoisotopic (exact) mass is 483 g/mol. The molecule has 5 nitrogen and oxygen atoms in total. The van der Waals surface area contributed by atoms with Crippen LogP contribution in [0.2, 0.25) is 0 Å². The van der Waals surface area contributed by atoms with E-state index >= 15 is 0 Å². The van der Waals surface area contributed by atoms with Crippen molar-refractivity contribution in [3.05, 3.63) is 36.0 Å². The third kappa shape index (κ3) is 6.10. The van der Waals surface area contributed by atoms with Gasteiger partial charge < -0.3 is 15.6 Å². The van der Waals surface area contributed by atoms with Crippen molar-refractivity contribution in [2.75, 3.05) is 26.2 Å². The summed E-state index contributed by atoms with van der Waals surface area (Å²) in [5.74, 6) is 0.885. The molecular formula is C21H34IN5. The number of nitrogens with zero attached hydrogens (tertiary/aromatic N) is 2. The van der Waals surface area contributed by atoms with Gasteiger partial charge in [-0.15, -0.1) is 24.0 Å². The van der Waals surface area contributed by atoms with Crippen molar-refractivity contribution in [2.45, 2.75) is 52.1 Å². The Kier molecular flexibility index (Phi) is 8.41. The Morgan fingerprint density at radius 2 is 1.89 bits per heavy atom. The number of nitrogens with one attached hydrogen (secondary N) is 3. The molecule has 1 aliphatic heterocycles. The van der Waals surface area contributed by atoms with Crippen molar-refractivity contribution in [3.63, 3.8) is 0 Å². The molecule has 150 valence electrons. The van der Waals surface area contributed by atoms with Gasteiger partial charge in [-0.25, -0.2) is 4.99 Å². The molecule has 3 rings (SSSR count). The van der Waals surface area contributed by atoms with Crippen molar-refractivity contribution in [1.29, 1.82) is 0 Å². The van der Waals surface area contributed by atoms with E-state index in [4.69, 9.17) is 4.99 Å². The fourth-order valence-corrected chi connectivity index (χ4v) is 3.64. The maximum Gasteiger partial charge on any atom is 0.191 e. The van der Waals surface area contributed by atoms with Gasteiger partial charge in [-0.05, 0) is 64.2 Å². The molecule has 3 N–H and O–H groups in total. The fraction of sp³-hybridized carbons (Fsp3) is 0.571. The lowest BCUT2D eigenvalue weighted by Crippen LogP contribution is -2.54. The quantitative estimate of drug-likeness (QED) is 0.330. The van der Waals surface area contributed by atoms with Crippen LogP contribution < -0.4 is 10.6 Å². The molecule has 0 bridgehead atoms. The highest BCUT2D eigenvalue weighted by Gasteiger charge is 2.27. The third-order valence-corrected chi connectivity index (χ3v) is 5.24. The summed E-state index contributed by atoms with van der Waals surface area (Å²) < 4.78 is 0. The lowest BCUT2D eigenvalue weighted by Gasteiger charge is -2.41. The minimum atomic E-state index is 0. The molecule has 0 radical (unpaired) electrons. The average Bonchev–Trinajstić information content (AvgIpc) is 3.08. The Morgan fingerprint density at radius 1 is 1.15 bits per heavy atom. The van der Waals surface area contributed by atoms with E-state index in [1.54, 1.807) is 0 Å². The van der Waals surface area contributed by atoms with Crippen LogP contribution in [-0.2, 0) is 6.54 Å². The van der Waals surface area contributed by atoms with Gasteiger partial charge in [0.15, 0.2) is 5.96 Å². The molecule has 0 saturated carbocycles. The smallest absolute Gasteiger partial charge is 0.191 e. The number of aromatic amines is 1. The minimum absolute atomic E-state index is 0. The lowest BCUT2D eigenvalue weighted by atomic mass is 9.98. The summed E-state index contributed by atoms with van der Waals surface area (Å²) in [5, 5.41) is 8.15. The molecule has 1 aromatic carbocycles. The van der Waals surface area contributed by atoms with E-state index in [1.165, 1.54) is 43.3 Å². The topological polar surface area (TPSA) is 55.5 Å². The Labute approximate surface area is 180 Å². The molecule has 6 heteroatoms. The SMILES string of the molecule is CCNC(=NCc1cc2ccccc2[nH]1)NCC(C)(C)N1CCCCC1.I. The first-order chi connectivity index (χ1) is 12.6. The van der Waals surface area contributed by atoms with Crippen LogP contribution in [0.4, 0.5) is 0 Å². The van der Waals surface area contributed by atoms with Crippen LogP contribution in [0.15, 0.2) is 35.3 Å². The highest BCUT2D eigenvalue weighted by atomic mass is 127. The molecule has 1 aromatic heterocycles. The molecule has 2 heterocycles. The predicted octanol–water partition coefficient (Wildman–Crippen LogP) is 4.11. The third-order valence-electron chi connectivity index (χ3n) is 5.24. The van der Waals surface area contributed by atoms with E-state index in [2.05, 4.69) is 71.6 Å². The van der Waals surface area contributed by atoms with Crippen LogP contribution in [0, 0.1) is 0 Å². The Balaban J connectivity index is 0.00000261. The number of piperidine rings is 1. The van der Waals surface area contributed by atoms with E-state index in [0.29, 0.717) is 6.54 Å². The summed E-state index contributed by atoms with van der Waals surface area (Å²) in [4.78, 5) is 10.8. The molecule has 0 atom stereocenters. The maximum atomic E-state index is 4.77. The van der Waals surface area contributed by atoms with Crippen molar-refractivity contribution in [2.24, 2.45) is 4.99 Å². The van der Waals surface area contributed by atoms with Gasteiger partial charge in [-0.2, -0.15) is 0 Å². The zero-order valence-electron chi connectivity index (χ0n) is 16.8. The minimum Gasteiger partial charge on any atom is -0.357 e. The van der Waals surface area contributed by atoms with Crippen molar-refractivity contribution < 1.29 is 0 Å². The molecular weight excluding hydrogens is 449 g/mol. The van der Waals surface area contributed by atoms with Crippen molar-refractivity contribution >= 4 is 40.8 Å². The largest absolute Gasteiger partial charge is 0.357 e. The number of hydrogen-bond donors (Lipinski definition) is 3. The Hall–Kier alpha value is -1.28. The highest BCUT2D eigenvalue weighted by Crippen LogP contribution is 2.20. The fourth-order valence-electron chi connectivity index (χ4n) is 3.64. The van der Waals surface area contributed by atoms with E-state index in [9.17, 15) is 0 Å². The second-order valence-electron chi connectivity index (χ2n) is 7.79. The van der Waals surface area contributed by atoms with Gasteiger partial charge in [0.2, 0.25) is 0 Å². The summed E-state index contributed by atoms with van der Waals surface area (Å²) in [6.45, 7) is 11.6. The van der Waals surface area contributed by atoms with Gasteiger partial charge in [0, 0.05) is 29.8 Å². The number of halogens is 1. The summed E-state index contributed by atoms with van der Waals surface area (Å²) in [5.41, 5.74) is 2.44. The number of fused-ring (bicyclic) bond motifs is 1. The maximum absolute atomic E-state index is 4.77. The van der Waals surface area contributed by atoms with Gasteiger partial charge in [-0.3, -0.25) is 4.90 Å². The molecule has 0 aliphatic carbocycles. The van der Waals surface area contributed by atoms with Crippen LogP contribution in [-0.4, -0.2) is 47.6 Å². The molecule has 1 aliphatic rings. The van der Waals surface area contributed by atoms with Crippen LogP contribution >= 0.6 is 24.0 Å². The summed E-state index contributed by atoms with van der Waals surface area (Å²) in [7, 11) is 0. The van der Waals surface area contributed by atoms with Crippen LogP contribution in [0.1, 0.15) is 45.7 Å². The number of rotatable bonds is 6. The first-order valence-corrected chi connectivity index (χ1v) is 9.92. The number of hydrogen-bond acceptors (Lipinski definition) is 2. The number of likely N-dealkylation sites (tertiary alicyclic amines) is 1. The first-order valence-electron chi connectivity index (χ1n) is 9.92. The normalized spacial score (nSPS) is 16.2. The molecule has 0 spiro atoms. The summed E-state index contributed by atoms with van der Waals surface area (Å²) in [6.07, 6.45) is 4.00. The van der Waals surface area contributed by atoms with Gasteiger partial charge in [0.05, 0.1) is 6.54 Å². The number of aromatic nitrogens is 1. The standard InChI is InChI=1S/C21H33N5.HI/c1-4-22-20(24-16-21(2,3)26-12-8-5-9-13-26)23-15-18-14-17-10-6-7-11-19(17)25-18;/h6-7,10-11,14,25H,4-5,8-9,12-13,15-16H2,1-3H3,(H2,22,23,24);1H. The van der Waals surface area contributed by atoms with E-state index in [1.807, 2.05) is 0 Å². The van der Waals surface area contributed by atoms with Gasteiger partial charge in [-0.1, -0.05) is 24.6 Å². The van der Waals surface area contributed by atoms with E-state index in [-0.39, 0.29) is 29.5 Å². The lowest BCUT2D eigenvalue weighted by molar-refractivity contribution is 0.0982. The summed E-state index contributed by atoms with van der Waals surface area (Å²) >= 11 is 0. The zero-order chi connectivity index (χ0) is 18.4. The second-order valence-corrected chi connectivity index (χ2v) is 7.79. The first kappa shape index (κ1) is 22.0. The van der Waals surface area contributed by atoms with Gasteiger partial charge >= 0.3 is 0 Å². The second kappa shape index (κ2) is 10.3. The van der Waals surface area contributed by atoms with Crippen LogP contribution in [0.5, 0.6) is 0 Å². The zero-order valence-corrected chi connectivity index (χ0v) is 19.2. The number of H-pyrrole nitrogens is 1. The molecule has 2 aromatic rings. The van der Waals surface area contributed by atoms with Crippen LogP contribution in [0.3, 0.4) is 0 Å². The molecule has 0 unspecified atom stereocenters. The van der Waals surface area contributed by atoms with Gasteiger partial charge in [0.1, 0.15) is 0 Å². The number of para-hydroxylation sites is 1. The van der Waals surface area contributed by atoms with Crippen molar-refractivity contribution in [1.82, 2.24) is 20.5 Å². The number of aliphatic imine (C=N–C) groups is 1. The molecule has 27 heavy (non-hydrogen) atoms. The molecule has 0 amide bonds.